The van der Waals surface area contributed by atoms with E-state index in [9.17, 15) is 4.79 Å². The molecule has 1 unspecified atom stereocenters. The molecule has 1 aliphatic rings. The number of rotatable bonds is 2. The first-order valence-corrected chi connectivity index (χ1v) is 5.92. The number of carbonyl (C=O) groups excluding carboxylic acids is 1. The van der Waals surface area contributed by atoms with Crippen LogP contribution in [-0.4, -0.2) is 18.0 Å². The molecule has 0 aromatic heterocycles. The lowest BCUT2D eigenvalue weighted by Gasteiger charge is -2.17. The fraction of sp³-hybridized carbons (Fsp3) is 0.364. The molecule has 1 heterocycles. The van der Waals surface area contributed by atoms with Gasteiger partial charge >= 0.3 is 0 Å². The van der Waals surface area contributed by atoms with Crippen molar-refractivity contribution in [3.8, 4) is 0 Å². The van der Waals surface area contributed by atoms with Gasteiger partial charge in [0.15, 0.2) is 5.54 Å². The number of carbonyl (C=O) groups is 1. The number of nitrogens with one attached hydrogen (secondary N) is 1. The van der Waals surface area contributed by atoms with Gasteiger partial charge in [0.2, 0.25) is 0 Å². The third kappa shape index (κ3) is 2.58. The first-order valence-electron chi connectivity index (χ1n) is 5.16. The predicted octanol–water partition coefficient (Wildman–Crippen LogP) is 3.55. The van der Waals surface area contributed by atoms with E-state index >= 15 is 0 Å². The molecule has 90 valence electrons. The van der Waals surface area contributed by atoms with Crippen LogP contribution in [-0.2, 0) is 4.79 Å². The minimum Gasteiger partial charge on any atom is -0.324 e. The van der Waals surface area contributed by atoms with E-state index in [1.54, 1.807) is 25.1 Å². The van der Waals surface area contributed by atoms with Crippen LogP contribution in [0.4, 0.5) is 5.69 Å². The van der Waals surface area contributed by atoms with Crippen LogP contribution in [0.1, 0.15) is 13.3 Å². The minimum absolute atomic E-state index is 0.183. The van der Waals surface area contributed by atoms with Gasteiger partial charge in [0.25, 0.3) is 5.91 Å². The number of halogens is 2. The second-order valence-corrected chi connectivity index (χ2v) is 4.89. The Balaban J connectivity index is 2.13. The number of hydrogen-bond acceptors (Lipinski definition) is 3. The van der Waals surface area contributed by atoms with Gasteiger partial charge in [-0.1, -0.05) is 23.2 Å². The summed E-state index contributed by atoms with van der Waals surface area (Å²) in [5.41, 5.74) is -0.167. The minimum atomic E-state index is -0.772. The summed E-state index contributed by atoms with van der Waals surface area (Å²) in [6, 6.07) is 4.94. The van der Waals surface area contributed by atoms with E-state index in [2.05, 4.69) is 15.5 Å². The smallest absolute Gasteiger partial charge is 0.253 e. The van der Waals surface area contributed by atoms with Crippen molar-refractivity contribution in [3.05, 3.63) is 28.2 Å². The second kappa shape index (κ2) is 4.63. The molecule has 1 aromatic carbocycles. The zero-order chi connectivity index (χ0) is 12.5. The average Bonchev–Trinajstić information content (AvgIpc) is 2.72. The van der Waals surface area contributed by atoms with Crippen LogP contribution in [0.25, 0.3) is 0 Å². The van der Waals surface area contributed by atoms with Gasteiger partial charge in [0.1, 0.15) is 0 Å². The molecule has 0 spiro atoms. The Labute approximate surface area is 109 Å². The molecule has 0 saturated carbocycles. The van der Waals surface area contributed by atoms with Crippen LogP contribution in [0.2, 0.25) is 10.0 Å². The third-order valence-corrected chi connectivity index (χ3v) is 3.40. The van der Waals surface area contributed by atoms with Crippen molar-refractivity contribution >= 4 is 34.8 Å². The van der Waals surface area contributed by atoms with Gasteiger partial charge in [0, 0.05) is 12.1 Å². The SMILES string of the molecule is CC1(C(=O)Nc2ccc(Cl)c(Cl)c2)CCN=N1. The first-order chi connectivity index (χ1) is 8.01. The molecular weight excluding hydrogens is 261 g/mol. The van der Waals surface area contributed by atoms with Crippen molar-refractivity contribution < 1.29 is 4.79 Å². The molecule has 2 rings (SSSR count). The summed E-state index contributed by atoms with van der Waals surface area (Å²) >= 11 is 11.7. The average molecular weight is 272 g/mol. The molecule has 1 atom stereocenters. The molecule has 1 aliphatic heterocycles. The highest BCUT2D eigenvalue weighted by Crippen LogP contribution is 2.27. The fourth-order valence-electron chi connectivity index (χ4n) is 1.52. The van der Waals surface area contributed by atoms with Gasteiger partial charge in [-0.05, 0) is 25.1 Å². The molecule has 0 radical (unpaired) electrons. The molecule has 1 aromatic rings. The number of amides is 1. The van der Waals surface area contributed by atoms with E-state index in [0.29, 0.717) is 28.7 Å². The summed E-state index contributed by atoms with van der Waals surface area (Å²) in [4.78, 5) is 12.0. The van der Waals surface area contributed by atoms with E-state index in [-0.39, 0.29) is 5.91 Å². The second-order valence-electron chi connectivity index (χ2n) is 4.07. The van der Waals surface area contributed by atoms with Gasteiger partial charge in [-0.3, -0.25) is 4.79 Å². The highest BCUT2D eigenvalue weighted by molar-refractivity contribution is 6.42. The molecular formula is C11H11Cl2N3O. The number of hydrogen-bond donors (Lipinski definition) is 1. The fourth-order valence-corrected chi connectivity index (χ4v) is 1.82. The lowest BCUT2D eigenvalue weighted by atomic mass is 9.99. The molecule has 0 saturated heterocycles. The van der Waals surface area contributed by atoms with Crippen molar-refractivity contribution in [2.75, 3.05) is 11.9 Å². The maximum Gasteiger partial charge on any atom is 0.253 e. The summed E-state index contributed by atoms with van der Waals surface area (Å²) in [5.74, 6) is -0.183. The van der Waals surface area contributed by atoms with Crippen molar-refractivity contribution in [2.45, 2.75) is 18.9 Å². The Morgan fingerprint density at radius 2 is 2.18 bits per heavy atom. The number of benzene rings is 1. The van der Waals surface area contributed by atoms with Gasteiger partial charge < -0.3 is 5.32 Å². The Morgan fingerprint density at radius 1 is 1.41 bits per heavy atom. The van der Waals surface area contributed by atoms with Crippen molar-refractivity contribution in [1.82, 2.24) is 0 Å². The molecule has 1 amide bonds. The quantitative estimate of drug-likeness (QED) is 0.879. The Morgan fingerprint density at radius 3 is 2.76 bits per heavy atom. The van der Waals surface area contributed by atoms with Crippen LogP contribution >= 0.6 is 23.2 Å². The third-order valence-electron chi connectivity index (χ3n) is 2.66. The largest absolute Gasteiger partial charge is 0.324 e. The number of azo groups is 1. The molecule has 1 N–H and O–H groups in total. The number of nitrogens with zero attached hydrogens (tertiary/aromatic N) is 2. The highest BCUT2D eigenvalue weighted by atomic mass is 35.5. The summed E-state index contributed by atoms with van der Waals surface area (Å²) in [7, 11) is 0. The van der Waals surface area contributed by atoms with E-state index in [0.717, 1.165) is 0 Å². The van der Waals surface area contributed by atoms with Gasteiger partial charge in [0.05, 0.1) is 16.6 Å². The van der Waals surface area contributed by atoms with Crippen molar-refractivity contribution in [1.29, 1.82) is 0 Å². The first kappa shape index (κ1) is 12.3. The van der Waals surface area contributed by atoms with Crippen LogP contribution in [0.5, 0.6) is 0 Å². The normalized spacial score (nSPS) is 22.8. The van der Waals surface area contributed by atoms with Gasteiger partial charge in [-0.2, -0.15) is 10.2 Å². The molecule has 0 fully saturated rings. The van der Waals surface area contributed by atoms with E-state index in [1.165, 1.54) is 0 Å². The molecule has 4 nitrogen and oxygen atoms in total. The van der Waals surface area contributed by atoms with Gasteiger partial charge in [-0.25, -0.2) is 0 Å². The number of anilines is 1. The highest BCUT2D eigenvalue weighted by Gasteiger charge is 2.35. The van der Waals surface area contributed by atoms with E-state index in [1.807, 2.05) is 0 Å². The van der Waals surface area contributed by atoms with Crippen LogP contribution in [0.3, 0.4) is 0 Å². The Kier molecular flexibility index (Phi) is 3.35. The van der Waals surface area contributed by atoms with Crippen molar-refractivity contribution in [2.24, 2.45) is 10.2 Å². The summed E-state index contributed by atoms with van der Waals surface area (Å²) in [5, 5.41) is 11.4. The zero-order valence-corrected chi connectivity index (χ0v) is 10.7. The maximum atomic E-state index is 12.0. The lowest BCUT2D eigenvalue weighted by molar-refractivity contribution is -0.120. The zero-order valence-electron chi connectivity index (χ0n) is 9.20. The van der Waals surface area contributed by atoms with Crippen LogP contribution in [0.15, 0.2) is 28.4 Å². The van der Waals surface area contributed by atoms with Crippen molar-refractivity contribution in [3.63, 3.8) is 0 Å². The summed E-state index contributed by atoms with van der Waals surface area (Å²) < 4.78 is 0. The summed E-state index contributed by atoms with van der Waals surface area (Å²) in [6.07, 6.45) is 0.625. The van der Waals surface area contributed by atoms with E-state index in [4.69, 9.17) is 23.2 Å². The maximum absolute atomic E-state index is 12.0. The predicted molar refractivity (Wildman–Crippen MR) is 67.8 cm³/mol. The molecule has 17 heavy (non-hydrogen) atoms. The standard InChI is InChI=1S/C11H11Cl2N3O/c1-11(4-5-14-16-11)10(17)15-7-2-3-8(12)9(13)6-7/h2-3,6H,4-5H2,1H3,(H,15,17). The van der Waals surface area contributed by atoms with Crippen LogP contribution in [0, 0.1) is 0 Å². The summed E-state index contributed by atoms with van der Waals surface area (Å²) in [6.45, 7) is 2.35. The molecule has 0 aliphatic carbocycles. The topological polar surface area (TPSA) is 53.8 Å². The Bertz CT molecular complexity index is 490. The van der Waals surface area contributed by atoms with Crippen LogP contribution < -0.4 is 5.32 Å². The Hall–Kier alpha value is -1.13. The van der Waals surface area contributed by atoms with Gasteiger partial charge in [-0.15, -0.1) is 0 Å². The van der Waals surface area contributed by atoms with E-state index < -0.39 is 5.54 Å². The lowest BCUT2D eigenvalue weighted by Crippen LogP contribution is -2.36. The molecule has 0 bridgehead atoms. The monoisotopic (exact) mass is 271 g/mol. The molecule has 6 heteroatoms.